The summed E-state index contributed by atoms with van der Waals surface area (Å²) >= 11 is 0. The number of hydrogen-bond acceptors (Lipinski definition) is 6. The standard InChI is InChI=1S/C29H27N9O/c1-18-5-3-6-21(33-18)17-38-23-8-4-7-22(28(23)19(2)35-38)34-29(39)25-15-31-26-13-20(9-11-36(25)26)24-14-32-27-16-30-10-12-37(24)27/h3-9,11,13-15,30H,10,12,16-17H2,1-2H3,(H,34,39). The van der Waals surface area contributed by atoms with Gasteiger partial charge in [-0.05, 0) is 50.2 Å². The number of pyridine rings is 2. The van der Waals surface area contributed by atoms with Gasteiger partial charge < -0.3 is 15.2 Å². The number of amides is 1. The lowest BCUT2D eigenvalue weighted by atomic mass is 10.1. The maximum Gasteiger partial charge on any atom is 0.274 e. The molecule has 2 N–H and O–H groups in total. The highest BCUT2D eigenvalue weighted by Crippen LogP contribution is 2.28. The zero-order chi connectivity index (χ0) is 26.5. The van der Waals surface area contributed by atoms with Gasteiger partial charge in [0.05, 0.1) is 53.8 Å². The molecule has 0 bridgehead atoms. The van der Waals surface area contributed by atoms with E-state index in [1.807, 2.05) is 83.9 Å². The van der Waals surface area contributed by atoms with Crippen molar-refractivity contribution in [3.8, 4) is 11.3 Å². The third kappa shape index (κ3) is 4.05. The summed E-state index contributed by atoms with van der Waals surface area (Å²) in [5, 5.41) is 12.1. The highest BCUT2D eigenvalue weighted by molar-refractivity contribution is 6.08. The van der Waals surface area contributed by atoms with Crippen molar-refractivity contribution >= 4 is 28.1 Å². The van der Waals surface area contributed by atoms with Gasteiger partial charge in [-0.15, -0.1) is 0 Å². The van der Waals surface area contributed by atoms with E-state index in [1.54, 1.807) is 6.20 Å². The molecular formula is C29H27N9O. The molecule has 1 amide bonds. The van der Waals surface area contributed by atoms with Gasteiger partial charge in [-0.1, -0.05) is 12.1 Å². The van der Waals surface area contributed by atoms with Gasteiger partial charge in [0.2, 0.25) is 0 Å². The van der Waals surface area contributed by atoms with E-state index in [1.165, 1.54) is 0 Å². The van der Waals surface area contributed by atoms with Gasteiger partial charge in [0.25, 0.3) is 5.91 Å². The Morgan fingerprint density at radius 3 is 2.87 bits per heavy atom. The molecule has 0 saturated carbocycles. The largest absolute Gasteiger partial charge is 0.326 e. The Morgan fingerprint density at radius 1 is 1.08 bits per heavy atom. The van der Waals surface area contributed by atoms with Crippen molar-refractivity contribution in [3.05, 3.63) is 95.7 Å². The van der Waals surface area contributed by atoms with Gasteiger partial charge in [-0.25, -0.2) is 9.97 Å². The molecule has 0 fully saturated rings. The van der Waals surface area contributed by atoms with E-state index >= 15 is 0 Å². The van der Waals surface area contributed by atoms with Crippen LogP contribution in [0.25, 0.3) is 27.8 Å². The maximum atomic E-state index is 13.5. The third-order valence-corrected chi connectivity index (χ3v) is 7.23. The normalized spacial score (nSPS) is 13.2. The monoisotopic (exact) mass is 517 g/mol. The van der Waals surface area contributed by atoms with Gasteiger partial charge in [0.15, 0.2) is 0 Å². The van der Waals surface area contributed by atoms with E-state index in [9.17, 15) is 4.79 Å². The number of rotatable bonds is 5. The highest BCUT2D eigenvalue weighted by Gasteiger charge is 2.19. The molecule has 0 unspecified atom stereocenters. The molecular weight excluding hydrogens is 490 g/mol. The molecule has 1 aliphatic heterocycles. The second-order valence-electron chi connectivity index (χ2n) is 9.84. The van der Waals surface area contributed by atoms with E-state index in [0.29, 0.717) is 23.6 Å². The number of anilines is 1. The molecule has 1 aliphatic rings. The second-order valence-corrected chi connectivity index (χ2v) is 9.84. The summed E-state index contributed by atoms with van der Waals surface area (Å²) in [5.41, 5.74) is 7.65. The summed E-state index contributed by atoms with van der Waals surface area (Å²) in [5.74, 6) is 0.797. The summed E-state index contributed by atoms with van der Waals surface area (Å²) in [4.78, 5) is 27.2. The molecule has 6 aromatic rings. The fourth-order valence-electron chi connectivity index (χ4n) is 5.41. The number of hydrogen-bond donors (Lipinski definition) is 2. The van der Waals surface area contributed by atoms with Crippen molar-refractivity contribution in [2.24, 2.45) is 0 Å². The number of aromatic nitrogens is 7. The molecule has 0 spiro atoms. The first-order valence-corrected chi connectivity index (χ1v) is 13.0. The molecule has 1 aromatic carbocycles. The predicted octanol–water partition coefficient (Wildman–Crippen LogP) is 3.96. The minimum absolute atomic E-state index is 0.233. The number of benzene rings is 1. The fourth-order valence-corrected chi connectivity index (χ4v) is 5.41. The Kier molecular flexibility index (Phi) is 5.48. The highest BCUT2D eigenvalue weighted by atomic mass is 16.2. The summed E-state index contributed by atoms with van der Waals surface area (Å²) in [6.45, 7) is 7.05. The number of carbonyl (C=O) groups is 1. The van der Waals surface area contributed by atoms with Crippen LogP contribution >= 0.6 is 0 Å². The maximum absolute atomic E-state index is 13.5. The first-order chi connectivity index (χ1) is 19.0. The number of fused-ring (bicyclic) bond motifs is 3. The van der Waals surface area contributed by atoms with Crippen LogP contribution in [-0.4, -0.2) is 46.2 Å². The molecule has 10 heteroatoms. The SMILES string of the molecule is Cc1cccc(Cn2nc(C)c3c(NC(=O)c4cnc5cc(-c6cnc7n6CCNC7)ccn45)cccc32)n1. The average molecular weight is 518 g/mol. The van der Waals surface area contributed by atoms with Crippen LogP contribution in [0.3, 0.4) is 0 Å². The molecule has 10 nitrogen and oxygen atoms in total. The molecule has 6 heterocycles. The second kappa shape index (κ2) is 9.17. The number of aryl methyl sites for hydroxylation is 2. The molecule has 0 saturated heterocycles. The quantitative estimate of drug-likeness (QED) is 0.359. The zero-order valence-electron chi connectivity index (χ0n) is 21.7. The molecule has 0 radical (unpaired) electrons. The Balaban J connectivity index is 1.18. The first kappa shape index (κ1) is 23.3. The molecule has 7 rings (SSSR count). The van der Waals surface area contributed by atoms with Crippen LogP contribution in [0.4, 0.5) is 5.69 Å². The van der Waals surface area contributed by atoms with E-state index in [4.69, 9.17) is 5.10 Å². The zero-order valence-corrected chi connectivity index (χ0v) is 21.7. The number of imidazole rings is 2. The third-order valence-electron chi connectivity index (χ3n) is 7.23. The minimum Gasteiger partial charge on any atom is -0.326 e. The van der Waals surface area contributed by atoms with Crippen molar-refractivity contribution < 1.29 is 4.79 Å². The topological polar surface area (TPSA) is 107 Å². The Bertz CT molecular complexity index is 1880. The molecule has 5 aromatic heterocycles. The van der Waals surface area contributed by atoms with Crippen LogP contribution in [0.15, 0.2) is 67.1 Å². The lowest BCUT2D eigenvalue weighted by Gasteiger charge is -2.17. The average Bonchev–Trinajstić information content (AvgIpc) is 3.64. The Labute approximate surface area is 224 Å². The van der Waals surface area contributed by atoms with Crippen molar-refractivity contribution in [2.45, 2.75) is 33.5 Å². The molecule has 194 valence electrons. The molecule has 39 heavy (non-hydrogen) atoms. The summed E-state index contributed by atoms with van der Waals surface area (Å²) in [6.07, 6.45) is 5.42. The van der Waals surface area contributed by atoms with Gasteiger partial charge in [0.1, 0.15) is 17.2 Å². The van der Waals surface area contributed by atoms with Crippen molar-refractivity contribution in [2.75, 3.05) is 11.9 Å². The van der Waals surface area contributed by atoms with Crippen LogP contribution in [0.2, 0.25) is 0 Å². The van der Waals surface area contributed by atoms with E-state index in [2.05, 4.69) is 30.2 Å². The number of nitrogens with one attached hydrogen (secondary N) is 2. The molecule has 0 aliphatic carbocycles. The van der Waals surface area contributed by atoms with Crippen LogP contribution < -0.4 is 10.6 Å². The van der Waals surface area contributed by atoms with Crippen molar-refractivity contribution in [1.82, 2.24) is 39.0 Å². The van der Waals surface area contributed by atoms with Gasteiger partial charge >= 0.3 is 0 Å². The van der Waals surface area contributed by atoms with Crippen LogP contribution in [-0.2, 0) is 19.6 Å². The van der Waals surface area contributed by atoms with Crippen LogP contribution in [0.1, 0.15) is 33.4 Å². The van der Waals surface area contributed by atoms with Crippen LogP contribution in [0.5, 0.6) is 0 Å². The summed E-state index contributed by atoms with van der Waals surface area (Å²) in [7, 11) is 0. The minimum atomic E-state index is -0.233. The number of nitrogens with zero attached hydrogens (tertiary/aromatic N) is 7. The van der Waals surface area contributed by atoms with Gasteiger partial charge in [-0.2, -0.15) is 5.10 Å². The Morgan fingerprint density at radius 2 is 1.97 bits per heavy atom. The van der Waals surface area contributed by atoms with Gasteiger partial charge in [0, 0.05) is 35.9 Å². The van der Waals surface area contributed by atoms with Gasteiger partial charge in [-0.3, -0.25) is 18.9 Å². The molecule has 0 atom stereocenters. The van der Waals surface area contributed by atoms with Crippen LogP contribution in [0, 0.1) is 13.8 Å². The fraction of sp³-hybridized carbons (Fsp3) is 0.207. The van der Waals surface area contributed by atoms with Crippen molar-refractivity contribution in [1.29, 1.82) is 0 Å². The summed E-state index contributed by atoms with van der Waals surface area (Å²) in [6, 6.07) is 15.8. The Hall–Kier alpha value is -4.83. The lowest BCUT2D eigenvalue weighted by molar-refractivity contribution is 0.102. The van der Waals surface area contributed by atoms with E-state index < -0.39 is 0 Å². The van der Waals surface area contributed by atoms with E-state index in [0.717, 1.165) is 64.7 Å². The number of carbonyl (C=O) groups excluding carboxylic acids is 1. The first-order valence-electron chi connectivity index (χ1n) is 13.0. The van der Waals surface area contributed by atoms with E-state index in [-0.39, 0.29) is 5.91 Å². The lowest BCUT2D eigenvalue weighted by Crippen LogP contribution is -2.28. The smallest absolute Gasteiger partial charge is 0.274 e. The summed E-state index contributed by atoms with van der Waals surface area (Å²) < 4.78 is 5.98. The predicted molar refractivity (Wildman–Crippen MR) is 149 cm³/mol. The van der Waals surface area contributed by atoms with Crippen molar-refractivity contribution in [3.63, 3.8) is 0 Å².